The summed E-state index contributed by atoms with van der Waals surface area (Å²) in [5, 5.41) is 2.19. The van der Waals surface area contributed by atoms with E-state index in [0.717, 1.165) is 21.9 Å². The van der Waals surface area contributed by atoms with Crippen molar-refractivity contribution in [3.05, 3.63) is 83.9 Å². The van der Waals surface area contributed by atoms with Crippen LogP contribution in [0.5, 0.6) is 0 Å². The van der Waals surface area contributed by atoms with Gasteiger partial charge in [-0.05, 0) is 47.6 Å². The number of amides is 3. The van der Waals surface area contributed by atoms with Gasteiger partial charge in [0.15, 0.2) is 0 Å². The summed E-state index contributed by atoms with van der Waals surface area (Å²) in [4.78, 5) is 43.8. The molecule has 3 unspecified atom stereocenters. The van der Waals surface area contributed by atoms with Crippen molar-refractivity contribution in [1.29, 1.82) is 0 Å². The number of hydrogen-bond acceptors (Lipinski definition) is 3. The van der Waals surface area contributed by atoms with Gasteiger partial charge in [0.1, 0.15) is 12.1 Å². The zero-order chi connectivity index (χ0) is 26.5. The number of primary amides is 1. The van der Waals surface area contributed by atoms with Crippen molar-refractivity contribution in [2.75, 3.05) is 6.54 Å². The van der Waals surface area contributed by atoms with Crippen molar-refractivity contribution in [2.24, 2.45) is 11.7 Å². The fraction of sp³-hybridized carbons (Fsp3) is 0.387. The number of hydrogen-bond donors (Lipinski definition) is 1. The van der Waals surface area contributed by atoms with Gasteiger partial charge in [-0.2, -0.15) is 0 Å². The molecule has 4 rings (SSSR count). The van der Waals surface area contributed by atoms with E-state index in [1.54, 1.807) is 9.80 Å². The van der Waals surface area contributed by atoms with Crippen molar-refractivity contribution < 1.29 is 14.4 Å². The van der Waals surface area contributed by atoms with Gasteiger partial charge in [0.05, 0.1) is 6.42 Å². The van der Waals surface area contributed by atoms with Crippen LogP contribution in [-0.2, 0) is 27.2 Å². The van der Waals surface area contributed by atoms with Crippen LogP contribution in [0.4, 0.5) is 0 Å². The number of rotatable bonds is 8. The third-order valence-electron chi connectivity index (χ3n) is 7.29. The number of carbonyl (C=O) groups is 3. The highest BCUT2D eigenvalue weighted by Gasteiger charge is 2.42. The summed E-state index contributed by atoms with van der Waals surface area (Å²) in [5.74, 6) is -0.587. The molecule has 0 aliphatic carbocycles. The molecular formula is C31H37N3O3. The Hall–Kier alpha value is -3.67. The second-order valence-corrected chi connectivity index (χ2v) is 10.6. The van der Waals surface area contributed by atoms with Gasteiger partial charge in [0, 0.05) is 19.0 Å². The molecule has 6 nitrogen and oxygen atoms in total. The third-order valence-corrected chi connectivity index (χ3v) is 7.29. The lowest BCUT2D eigenvalue weighted by Gasteiger charge is -2.36. The highest BCUT2D eigenvalue weighted by molar-refractivity contribution is 5.93. The predicted molar refractivity (Wildman–Crippen MR) is 147 cm³/mol. The SMILES string of the molecule is CC(C)CC1C(=O)N(C(Cc2ccc3ccccc3c2)C(N)=O)CCC(C)N1C(=O)Cc1ccccc1. The van der Waals surface area contributed by atoms with E-state index in [1.807, 2.05) is 87.5 Å². The predicted octanol–water partition coefficient (Wildman–Crippen LogP) is 4.34. The van der Waals surface area contributed by atoms with Crippen LogP contribution in [0.25, 0.3) is 10.8 Å². The van der Waals surface area contributed by atoms with E-state index in [2.05, 4.69) is 6.07 Å². The lowest BCUT2D eigenvalue weighted by atomic mass is 9.97. The van der Waals surface area contributed by atoms with Gasteiger partial charge in [0.25, 0.3) is 0 Å². The lowest BCUT2D eigenvalue weighted by Crippen LogP contribution is -2.56. The minimum atomic E-state index is -0.778. The Labute approximate surface area is 219 Å². The molecule has 1 fully saturated rings. The van der Waals surface area contributed by atoms with Crippen molar-refractivity contribution in [1.82, 2.24) is 9.80 Å². The monoisotopic (exact) mass is 499 g/mol. The summed E-state index contributed by atoms with van der Waals surface area (Å²) in [5.41, 5.74) is 7.77. The minimum absolute atomic E-state index is 0.0651. The molecule has 3 amide bonds. The van der Waals surface area contributed by atoms with Gasteiger partial charge in [-0.15, -0.1) is 0 Å². The minimum Gasteiger partial charge on any atom is -0.368 e. The van der Waals surface area contributed by atoms with Crippen LogP contribution < -0.4 is 5.73 Å². The van der Waals surface area contributed by atoms with Crippen LogP contribution in [-0.4, -0.2) is 52.2 Å². The Morgan fingerprint density at radius 3 is 2.30 bits per heavy atom. The van der Waals surface area contributed by atoms with Gasteiger partial charge in [0.2, 0.25) is 17.7 Å². The molecule has 1 aliphatic rings. The molecule has 3 aromatic rings. The normalized spacial score (nSPS) is 19.2. The molecule has 3 aromatic carbocycles. The summed E-state index contributed by atoms with van der Waals surface area (Å²) in [6, 6.07) is 22.2. The first-order valence-corrected chi connectivity index (χ1v) is 13.2. The molecule has 1 saturated heterocycles. The Bertz CT molecular complexity index is 1260. The maximum Gasteiger partial charge on any atom is 0.246 e. The number of benzene rings is 3. The van der Waals surface area contributed by atoms with E-state index in [0.29, 0.717) is 25.8 Å². The second-order valence-electron chi connectivity index (χ2n) is 10.6. The summed E-state index contributed by atoms with van der Waals surface area (Å²) in [6.45, 7) is 6.47. The topological polar surface area (TPSA) is 83.7 Å². The van der Waals surface area contributed by atoms with Gasteiger partial charge in [-0.1, -0.05) is 86.6 Å². The van der Waals surface area contributed by atoms with Crippen molar-refractivity contribution in [3.63, 3.8) is 0 Å². The van der Waals surface area contributed by atoms with E-state index < -0.39 is 18.0 Å². The van der Waals surface area contributed by atoms with Crippen LogP contribution in [0.15, 0.2) is 72.8 Å². The first-order valence-electron chi connectivity index (χ1n) is 13.2. The molecular weight excluding hydrogens is 462 g/mol. The number of fused-ring (bicyclic) bond motifs is 1. The summed E-state index contributed by atoms with van der Waals surface area (Å²) >= 11 is 0. The first-order chi connectivity index (χ1) is 17.7. The van der Waals surface area contributed by atoms with Crippen molar-refractivity contribution in [2.45, 2.75) is 64.6 Å². The molecule has 0 spiro atoms. The largest absolute Gasteiger partial charge is 0.368 e. The zero-order valence-corrected chi connectivity index (χ0v) is 22.0. The molecule has 2 N–H and O–H groups in total. The molecule has 6 heteroatoms. The van der Waals surface area contributed by atoms with E-state index >= 15 is 0 Å². The van der Waals surface area contributed by atoms with Gasteiger partial charge in [-0.3, -0.25) is 14.4 Å². The Morgan fingerprint density at radius 2 is 1.62 bits per heavy atom. The molecule has 1 aliphatic heterocycles. The maximum absolute atomic E-state index is 14.1. The van der Waals surface area contributed by atoms with Crippen LogP contribution in [0, 0.1) is 5.92 Å². The van der Waals surface area contributed by atoms with E-state index in [4.69, 9.17) is 5.73 Å². The molecule has 0 aromatic heterocycles. The van der Waals surface area contributed by atoms with Crippen LogP contribution in [0.3, 0.4) is 0 Å². The summed E-state index contributed by atoms with van der Waals surface area (Å²) in [7, 11) is 0. The van der Waals surface area contributed by atoms with Gasteiger partial charge >= 0.3 is 0 Å². The molecule has 0 radical (unpaired) electrons. The smallest absolute Gasteiger partial charge is 0.246 e. The molecule has 3 atom stereocenters. The average Bonchev–Trinajstić information content (AvgIpc) is 2.98. The van der Waals surface area contributed by atoms with Gasteiger partial charge < -0.3 is 15.5 Å². The molecule has 0 bridgehead atoms. The standard InChI is InChI=1S/C31H37N3O3/c1-21(2)17-28-31(37)33(16-15-22(3)34(28)29(35)20-23-9-5-4-6-10-23)27(30(32)36)19-24-13-14-25-11-7-8-12-26(25)18-24/h4-14,18,21-22,27-28H,15-17,19-20H2,1-3H3,(H2,32,36). The fourth-order valence-electron chi connectivity index (χ4n) is 5.40. The zero-order valence-electron chi connectivity index (χ0n) is 22.0. The number of nitrogens with zero attached hydrogens (tertiary/aromatic N) is 2. The van der Waals surface area contributed by atoms with Crippen LogP contribution >= 0.6 is 0 Å². The second kappa shape index (κ2) is 11.6. The lowest BCUT2D eigenvalue weighted by molar-refractivity contribution is -0.148. The highest BCUT2D eigenvalue weighted by Crippen LogP contribution is 2.26. The van der Waals surface area contributed by atoms with Crippen molar-refractivity contribution >= 4 is 28.5 Å². The molecule has 0 saturated carbocycles. The van der Waals surface area contributed by atoms with E-state index in [1.165, 1.54) is 0 Å². The van der Waals surface area contributed by atoms with Gasteiger partial charge in [-0.25, -0.2) is 0 Å². The quantitative estimate of drug-likeness (QED) is 0.500. The molecule has 37 heavy (non-hydrogen) atoms. The Morgan fingerprint density at radius 1 is 0.946 bits per heavy atom. The average molecular weight is 500 g/mol. The highest BCUT2D eigenvalue weighted by atomic mass is 16.2. The number of nitrogens with two attached hydrogens (primary N) is 1. The van der Waals surface area contributed by atoms with E-state index in [9.17, 15) is 14.4 Å². The summed E-state index contributed by atoms with van der Waals surface area (Å²) < 4.78 is 0. The fourth-order valence-corrected chi connectivity index (χ4v) is 5.40. The van der Waals surface area contributed by atoms with Crippen LogP contribution in [0.1, 0.15) is 44.7 Å². The molecule has 194 valence electrons. The first kappa shape index (κ1) is 26.4. The molecule has 1 heterocycles. The third kappa shape index (κ3) is 6.19. The maximum atomic E-state index is 14.1. The number of carbonyl (C=O) groups excluding carboxylic acids is 3. The van der Waals surface area contributed by atoms with Crippen LogP contribution in [0.2, 0.25) is 0 Å². The van der Waals surface area contributed by atoms with E-state index in [-0.39, 0.29) is 30.2 Å². The van der Waals surface area contributed by atoms with Crippen molar-refractivity contribution in [3.8, 4) is 0 Å². The Balaban J connectivity index is 1.63. The summed E-state index contributed by atoms with van der Waals surface area (Å²) in [6.07, 6.45) is 1.69. The Kier molecular flexibility index (Phi) is 8.27.